The number of hydrogen-bond donors (Lipinski definition) is 1. The molecule has 0 aromatic carbocycles. The highest BCUT2D eigenvalue weighted by molar-refractivity contribution is 7.89. The van der Waals surface area contributed by atoms with E-state index in [1.54, 1.807) is 0 Å². The molecule has 0 aliphatic carbocycles. The van der Waals surface area contributed by atoms with Gasteiger partial charge in [-0.2, -0.15) is 0 Å². The molecule has 8 heteroatoms. The van der Waals surface area contributed by atoms with E-state index in [4.69, 9.17) is 11.6 Å². The van der Waals surface area contributed by atoms with E-state index < -0.39 is 10.0 Å². The average Bonchev–Trinajstić information content (AvgIpc) is 2.68. The molecule has 0 atom stereocenters. The van der Waals surface area contributed by atoms with E-state index in [1.165, 1.54) is 38.1 Å². The van der Waals surface area contributed by atoms with Crippen molar-refractivity contribution in [3.05, 3.63) is 17.7 Å². The molecule has 0 unspecified atom stereocenters. The molecule has 1 aliphatic rings. The molecular formula is C12H19ClN4O2S. The lowest BCUT2D eigenvalue weighted by Gasteiger charge is -2.19. The van der Waals surface area contributed by atoms with Crippen molar-refractivity contribution < 1.29 is 8.42 Å². The Balaban J connectivity index is 1.84. The number of likely N-dealkylation sites (tertiary alicyclic amines) is 1. The fourth-order valence-electron chi connectivity index (χ4n) is 2.22. The van der Waals surface area contributed by atoms with E-state index in [1.807, 2.05) is 0 Å². The Kier molecular flexibility index (Phi) is 5.71. The van der Waals surface area contributed by atoms with Crippen molar-refractivity contribution in [2.75, 3.05) is 26.2 Å². The van der Waals surface area contributed by atoms with Crippen LogP contribution < -0.4 is 4.72 Å². The SMILES string of the molecule is O=S(=O)(NCCN1CCCCCC1)c1cnc(Cl)nc1. The lowest BCUT2D eigenvalue weighted by atomic mass is 10.2. The molecule has 1 fully saturated rings. The summed E-state index contributed by atoms with van der Waals surface area (Å²) in [5, 5.41) is 0.0357. The summed E-state index contributed by atoms with van der Waals surface area (Å²) in [5.41, 5.74) is 0. The Hall–Kier alpha value is -0.760. The summed E-state index contributed by atoms with van der Waals surface area (Å²) in [6, 6.07) is 0. The fraction of sp³-hybridized carbons (Fsp3) is 0.667. The minimum atomic E-state index is -3.55. The van der Waals surface area contributed by atoms with E-state index in [0.717, 1.165) is 19.6 Å². The van der Waals surface area contributed by atoms with Crippen LogP contribution >= 0.6 is 11.6 Å². The van der Waals surface area contributed by atoms with Gasteiger partial charge in [0.2, 0.25) is 15.3 Å². The number of nitrogens with zero attached hydrogens (tertiary/aromatic N) is 3. The zero-order chi connectivity index (χ0) is 14.4. The van der Waals surface area contributed by atoms with E-state index in [2.05, 4.69) is 19.6 Å². The molecule has 0 saturated carbocycles. The third kappa shape index (κ3) is 4.66. The molecule has 0 bridgehead atoms. The van der Waals surface area contributed by atoms with Crippen LogP contribution in [-0.2, 0) is 10.0 Å². The number of hydrogen-bond acceptors (Lipinski definition) is 5. The summed E-state index contributed by atoms with van der Waals surface area (Å²) in [6.45, 7) is 3.22. The highest BCUT2D eigenvalue weighted by Crippen LogP contribution is 2.10. The molecule has 1 aliphatic heterocycles. The molecule has 0 spiro atoms. The first-order valence-corrected chi connectivity index (χ1v) is 8.63. The quantitative estimate of drug-likeness (QED) is 0.828. The summed E-state index contributed by atoms with van der Waals surface area (Å²) in [4.78, 5) is 9.70. The first-order chi connectivity index (χ1) is 9.58. The van der Waals surface area contributed by atoms with Crippen molar-refractivity contribution in [3.8, 4) is 0 Å². The van der Waals surface area contributed by atoms with E-state index in [0.29, 0.717) is 6.54 Å². The Labute approximate surface area is 124 Å². The maximum atomic E-state index is 12.0. The molecule has 20 heavy (non-hydrogen) atoms. The number of sulfonamides is 1. The first kappa shape index (κ1) is 15.6. The average molecular weight is 319 g/mol. The summed E-state index contributed by atoms with van der Waals surface area (Å²) in [5.74, 6) is 0. The van der Waals surface area contributed by atoms with Crippen molar-refractivity contribution in [1.82, 2.24) is 19.6 Å². The standard InChI is InChI=1S/C12H19ClN4O2S/c13-12-14-9-11(10-15-12)20(18,19)16-5-8-17-6-3-1-2-4-7-17/h9-10,16H,1-8H2. The van der Waals surface area contributed by atoms with Gasteiger partial charge in [-0.25, -0.2) is 23.1 Å². The number of halogens is 1. The maximum Gasteiger partial charge on any atom is 0.243 e. The van der Waals surface area contributed by atoms with Crippen molar-refractivity contribution in [1.29, 1.82) is 0 Å². The Morgan fingerprint density at radius 2 is 1.75 bits per heavy atom. The van der Waals surface area contributed by atoms with Crippen molar-refractivity contribution >= 4 is 21.6 Å². The highest BCUT2D eigenvalue weighted by Gasteiger charge is 2.15. The second-order valence-electron chi connectivity index (χ2n) is 4.84. The second kappa shape index (κ2) is 7.31. The smallest absolute Gasteiger partial charge is 0.243 e. The molecule has 6 nitrogen and oxygen atoms in total. The normalized spacial score (nSPS) is 17.9. The summed E-state index contributed by atoms with van der Waals surface area (Å²) in [7, 11) is -3.55. The number of rotatable bonds is 5. The van der Waals surface area contributed by atoms with Gasteiger partial charge < -0.3 is 4.90 Å². The van der Waals surface area contributed by atoms with Crippen LogP contribution in [0.15, 0.2) is 17.3 Å². The monoisotopic (exact) mass is 318 g/mol. The third-order valence-corrected chi connectivity index (χ3v) is 4.94. The third-order valence-electron chi connectivity index (χ3n) is 3.33. The molecule has 0 amide bonds. The van der Waals surface area contributed by atoms with Crippen molar-refractivity contribution in [2.24, 2.45) is 0 Å². The van der Waals surface area contributed by atoms with Crippen LogP contribution in [-0.4, -0.2) is 49.5 Å². The van der Waals surface area contributed by atoms with E-state index in [9.17, 15) is 8.42 Å². The molecule has 112 valence electrons. The van der Waals surface area contributed by atoms with E-state index >= 15 is 0 Å². The van der Waals surface area contributed by atoms with Gasteiger partial charge in [-0.1, -0.05) is 12.8 Å². The zero-order valence-electron chi connectivity index (χ0n) is 11.3. The highest BCUT2D eigenvalue weighted by atomic mass is 35.5. The van der Waals surface area contributed by atoms with Gasteiger partial charge in [-0.3, -0.25) is 0 Å². The van der Waals surface area contributed by atoms with Gasteiger partial charge in [0.25, 0.3) is 0 Å². The topological polar surface area (TPSA) is 75.2 Å². The van der Waals surface area contributed by atoms with Crippen LogP contribution in [0.1, 0.15) is 25.7 Å². The van der Waals surface area contributed by atoms with Gasteiger partial charge in [0.1, 0.15) is 4.90 Å². The predicted molar refractivity (Wildman–Crippen MR) is 77.1 cm³/mol. The van der Waals surface area contributed by atoms with Gasteiger partial charge >= 0.3 is 0 Å². The number of aromatic nitrogens is 2. The summed E-state index contributed by atoms with van der Waals surface area (Å²) in [6.07, 6.45) is 7.34. The zero-order valence-corrected chi connectivity index (χ0v) is 12.8. The Morgan fingerprint density at radius 3 is 2.35 bits per heavy atom. The largest absolute Gasteiger partial charge is 0.302 e. The predicted octanol–water partition coefficient (Wildman–Crippen LogP) is 1.28. The molecule has 1 saturated heterocycles. The summed E-state index contributed by atoms with van der Waals surface area (Å²) >= 11 is 5.54. The van der Waals surface area contributed by atoms with Crippen LogP contribution in [0.2, 0.25) is 5.28 Å². The first-order valence-electron chi connectivity index (χ1n) is 6.77. The van der Waals surface area contributed by atoms with Gasteiger partial charge in [0, 0.05) is 13.1 Å². The van der Waals surface area contributed by atoms with Crippen LogP contribution in [0.5, 0.6) is 0 Å². The minimum Gasteiger partial charge on any atom is -0.302 e. The van der Waals surface area contributed by atoms with Gasteiger partial charge in [-0.05, 0) is 37.5 Å². The van der Waals surface area contributed by atoms with E-state index in [-0.39, 0.29) is 10.2 Å². The van der Waals surface area contributed by atoms with Gasteiger partial charge in [0.05, 0.1) is 12.4 Å². The minimum absolute atomic E-state index is 0.0357. The maximum absolute atomic E-state index is 12.0. The molecule has 1 aromatic heterocycles. The summed E-state index contributed by atoms with van der Waals surface area (Å²) < 4.78 is 26.6. The molecule has 1 aromatic rings. The van der Waals surface area contributed by atoms with Gasteiger partial charge in [-0.15, -0.1) is 0 Å². The molecule has 0 radical (unpaired) electrons. The van der Waals surface area contributed by atoms with Crippen LogP contribution in [0, 0.1) is 0 Å². The lowest BCUT2D eigenvalue weighted by Crippen LogP contribution is -2.35. The molecule has 2 rings (SSSR count). The second-order valence-corrected chi connectivity index (χ2v) is 6.95. The van der Waals surface area contributed by atoms with Crippen LogP contribution in [0.4, 0.5) is 0 Å². The lowest BCUT2D eigenvalue weighted by molar-refractivity contribution is 0.290. The van der Waals surface area contributed by atoms with Crippen LogP contribution in [0.3, 0.4) is 0 Å². The Bertz CT molecular complexity index is 513. The van der Waals surface area contributed by atoms with Crippen molar-refractivity contribution in [2.45, 2.75) is 30.6 Å². The van der Waals surface area contributed by atoms with Gasteiger partial charge in [0.15, 0.2) is 0 Å². The fourth-order valence-corrected chi connectivity index (χ4v) is 3.23. The Morgan fingerprint density at radius 1 is 1.15 bits per heavy atom. The van der Waals surface area contributed by atoms with Crippen LogP contribution in [0.25, 0.3) is 0 Å². The van der Waals surface area contributed by atoms with Crippen molar-refractivity contribution in [3.63, 3.8) is 0 Å². The molecular weight excluding hydrogens is 300 g/mol. The number of nitrogens with one attached hydrogen (secondary N) is 1. The molecule has 1 N–H and O–H groups in total. The molecule has 2 heterocycles.